The summed E-state index contributed by atoms with van der Waals surface area (Å²) in [5.74, 6) is -1.47. The van der Waals surface area contributed by atoms with Gasteiger partial charge in [-0.15, -0.1) is 0 Å². The summed E-state index contributed by atoms with van der Waals surface area (Å²) in [5.41, 5.74) is 11.0. The van der Waals surface area contributed by atoms with Crippen molar-refractivity contribution in [3.8, 4) is 0 Å². The first-order valence-electron chi connectivity index (χ1n) is 14.3. The standard InChI is InChI=1S/C23H30O7.C6H14N2O2/c1-13-4-9-18-14(2)20(26-12-15-5-7-16(8-6-15)19(24)25)27-21-23(18)17(13)10-11-22(3,28-21)29-30-23;7-4-2-1-3-5(8)6(9)10/h5-8,13-14,17-18,20-21H,4,9-12H2,1-3H3,(H,24,25);5H,1-4,7-8H2,(H,9,10)/t13-,14-,17+,18?,20+,21-,22+,23-;/m1./s1. The number of carbonyl (C=O) groups is 2. The number of rotatable bonds is 9. The fourth-order valence-electron chi connectivity index (χ4n) is 6.62. The second-order valence-electron chi connectivity index (χ2n) is 11.8. The average molecular weight is 565 g/mol. The van der Waals surface area contributed by atoms with Gasteiger partial charge in [-0.2, -0.15) is 0 Å². The van der Waals surface area contributed by atoms with E-state index in [4.69, 9.17) is 45.7 Å². The van der Waals surface area contributed by atoms with Crippen LogP contribution >= 0.6 is 0 Å². The van der Waals surface area contributed by atoms with Gasteiger partial charge in [-0.25, -0.2) is 14.6 Å². The van der Waals surface area contributed by atoms with E-state index >= 15 is 0 Å². The minimum Gasteiger partial charge on any atom is -0.480 e. The van der Waals surface area contributed by atoms with Crippen LogP contribution in [0.25, 0.3) is 0 Å². The van der Waals surface area contributed by atoms with Crippen LogP contribution in [0.1, 0.15) is 81.6 Å². The molecule has 224 valence electrons. The third-order valence-corrected chi connectivity index (χ3v) is 9.00. The summed E-state index contributed by atoms with van der Waals surface area (Å²) in [5, 5.41) is 17.4. The number of hydrogen-bond acceptors (Lipinski definition) is 9. The molecule has 1 aromatic carbocycles. The highest BCUT2D eigenvalue weighted by atomic mass is 17.3. The monoisotopic (exact) mass is 564 g/mol. The third kappa shape index (κ3) is 6.35. The lowest BCUT2D eigenvalue weighted by Gasteiger charge is -2.60. The van der Waals surface area contributed by atoms with Gasteiger partial charge in [-0.05, 0) is 75.1 Å². The van der Waals surface area contributed by atoms with Crippen molar-refractivity contribution in [1.29, 1.82) is 0 Å². The molecule has 1 aromatic rings. The Morgan fingerprint density at radius 2 is 1.80 bits per heavy atom. The molecular weight excluding hydrogens is 520 g/mol. The van der Waals surface area contributed by atoms with Crippen LogP contribution in [0.4, 0.5) is 0 Å². The maximum atomic E-state index is 11.0. The summed E-state index contributed by atoms with van der Waals surface area (Å²) in [6.07, 6.45) is 5.18. The maximum Gasteiger partial charge on any atom is 0.335 e. The Morgan fingerprint density at radius 3 is 2.45 bits per heavy atom. The van der Waals surface area contributed by atoms with Gasteiger partial charge in [0.15, 0.2) is 18.2 Å². The van der Waals surface area contributed by atoms with E-state index in [0.717, 1.165) is 44.1 Å². The summed E-state index contributed by atoms with van der Waals surface area (Å²) in [6.45, 7) is 7.31. The van der Waals surface area contributed by atoms with Gasteiger partial charge in [0.05, 0.1) is 12.2 Å². The predicted octanol–water partition coefficient (Wildman–Crippen LogP) is 3.64. The van der Waals surface area contributed by atoms with E-state index in [-0.39, 0.29) is 17.4 Å². The first kappa shape index (κ1) is 30.8. The summed E-state index contributed by atoms with van der Waals surface area (Å²) in [7, 11) is 0. The molecule has 0 aromatic heterocycles. The summed E-state index contributed by atoms with van der Waals surface area (Å²) in [4.78, 5) is 33.2. The van der Waals surface area contributed by atoms with E-state index in [1.165, 1.54) is 0 Å². The van der Waals surface area contributed by atoms with Crippen LogP contribution in [0.15, 0.2) is 24.3 Å². The summed E-state index contributed by atoms with van der Waals surface area (Å²) < 4.78 is 18.9. The Kier molecular flexibility index (Phi) is 9.87. The SMILES string of the molecule is C[C@@H]1CCC2[C@@H](C)[C@@H](OCc3ccc(C(=O)O)cc3)O[C@@H]3O[C@]4(C)CC[C@@H]1[C@@]23OO4.NCCCCC(N)C(=O)O. The lowest BCUT2D eigenvalue weighted by molar-refractivity contribution is -0.577. The number of unbranched alkanes of at least 4 members (excludes halogenated alkanes) is 1. The van der Waals surface area contributed by atoms with Gasteiger partial charge in [0.2, 0.25) is 5.79 Å². The van der Waals surface area contributed by atoms with E-state index in [1.807, 2.05) is 6.92 Å². The van der Waals surface area contributed by atoms with Crippen LogP contribution in [0, 0.1) is 23.7 Å². The quantitative estimate of drug-likeness (QED) is 0.255. The van der Waals surface area contributed by atoms with Crippen molar-refractivity contribution in [3.63, 3.8) is 0 Å². The lowest BCUT2D eigenvalue weighted by atomic mass is 9.58. The van der Waals surface area contributed by atoms with Gasteiger partial charge >= 0.3 is 11.9 Å². The van der Waals surface area contributed by atoms with Crippen LogP contribution in [-0.2, 0) is 35.4 Å². The van der Waals surface area contributed by atoms with Crippen LogP contribution in [0.2, 0.25) is 0 Å². The molecule has 40 heavy (non-hydrogen) atoms. The first-order valence-corrected chi connectivity index (χ1v) is 14.3. The van der Waals surface area contributed by atoms with Crippen LogP contribution < -0.4 is 11.5 Å². The molecule has 11 nitrogen and oxygen atoms in total. The number of carboxylic acid groups (broad SMARTS) is 2. The number of hydrogen-bond donors (Lipinski definition) is 4. The Labute approximate surface area is 235 Å². The highest BCUT2D eigenvalue weighted by Crippen LogP contribution is 2.60. The molecule has 0 radical (unpaired) electrons. The molecule has 9 atom stereocenters. The number of aromatic carboxylic acids is 1. The highest BCUT2D eigenvalue weighted by molar-refractivity contribution is 5.87. The largest absolute Gasteiger partial charge is 0.480 e. The zero-order chi connectivity index (χ0) is 29.1. The van der Waals surface area contributed by atoms with Crippen molar-refractivity contribution in [3.05, 3.63) is 35.4 Å². The van der Waals surface area contributed by atoms with Gasteiger partial charge in [0.25, 0.3) is 0 Å². The fraction of sp³-hybridized carbons (Fsp3) is 0.724. The van der Waals surface area contributed by atoms with E-state index < -0.39 is 41.9 Å². The molecule has 5 fully saturated rings. The highest BCUT2D eigenvalue weighted by Gasteiger charge is 2.69. The smallest absolute Gasteiger partial charge is 0.335 e. The van der Waals surface area contributed by atoms with Crippen molar-refractivity contribution < 1.29 is 43.8 Å². The topological polar surface area (TPSA) is 173 Å². The molecule has 1 spiro atoms. The molecule has 0 amide bonds. The van der Waals surface area contributed by atoms with E-state index in [0.29, 0.717) is 31.4 Å². The van der Waals surface area contributed by atoms with Crippen molar-refractivity contribution in [2.75, 3.05) is 6.54 Å². The average Bonchev–Trinajstić information content (AvgIpc) is 3.16. The molecule has 2 unspecified atom stereocenters. The molecule has 4 saturated heterocycles. The van der Waals surface area contributed by atoms with Gasteiger partial charge < -0.3 is 35.9 Å². The number of aliphatic carboxylic acids is 1. The normalized spacial score (nSPS) is 36.9. The second-order valence-corrected chi connectivity index (χ2v) is 11.8. The Balaban J connectivity index is 0.000000318. The molecule has 2 bridgehead atoms. The molecule has 5 aliphatic rings. The summed E-state index contributed by atoms with van der Waals surface area (Å²) >= 11 is 0. The number of nitrogens with two attached hydrogens (primary N) is 2. The fourth-order valence-corrected chi connectivity index (χ4v) is 6.62. The molecule has 1 aliphatic carbocycles. The van der Waals surface area contributed by atoms with Crippen molar-refractivity contribution >= 4 is 11.9 Å². The van der Waals surface area contributed by atoms with Crippen LogP contribution in [0.5, 0.6) is 0 Å². The minimum atomic E-state index is -0.936. The molecular formula is C29H44N2O9. The number of carboxylic acids is 2. The zero-order valence-electron chi connectivity index (χ0n) is 23.6. The van der Waals surface area contributed by atoms with Gasteiger partial charge in [0, 0.05) is 18.3 Å². The summed E-state index contributed by atoms with van der Waals surface area (Å²) in [6, 6.07) is 6.02. The molecule has 6 rings (SSSR count). The van der Waals surface area contributed by atoms with E-state index in [2.05, 4.69) is 13.8 Å². The van der Waals surface area contributed by atoms with Crippen molar-refractivity contribution in [2.24, 2.45) is 35.1 Å². The molecule has 1 saturated carbocycles. The zero-order valence-corrected chi connectivity index (χ0v) is 23.6. The van der Waals surface area contributed by atoms with Crippen LogP contribution in [-0.4, -0.2) is 58.7 Å². The van der Waals surface area contributed by atoms with Crippen LogP contribution in [0.3, 0.4) is 0 Å². The van der Waals surface area contributed by atoms with Gasteiger partial charge in [-0.1, -0.05) is 32.4 Å². The first-order chi connectivity index (χ1) is 19.0. The molecule has 4 heterocycles. The second kappa shape index (κ2) is 12.8. The van der Waals surface area contributed by atoms with Gasteiger partial charge in [0.1, 0.15) is 6.04 Å². The Bertz CT molecular complexity index is 1020. The predicted molar refractivity (Wildman–Crippen MR) is 144 cm³/mol. The molecule has 6 N–H and O–H groups in total. The number of benzene rings is 1. The number of fused-ring (bicyclic) bond motifs is 2. The third-order valence-electron chi connectivity index (χ3n) is 9.00. The molecule has 11 heteroatoms. The minimum absolute atomic E-state index is 0.115. The number of ether oxygens (including phenoxy) is 3. The Hall–Kier alpha value is -2.12. The van der Waals surface area contributed by atoms with E-state index in [9.17, 15) is 9.59 Å². The Morgan fingerprint density at radius 1 is 1.07 bits per heavy atom. The maximum absolute atomic E-state index is 11.0. The van der Waals surface area contributed by atoms with Crippen molar-refractivity contribution in [2.45, 2.75) is 102 Å². The van der Waals surface area contributed by atoms with Gasteiger partial charge in [-0.3, -0.25) is 4.79 Å². The van der Waals surface area contributed by atoms with Crippen molar-refractivity contribution in [1.82, 2.24) is 0 Å². The van der Waals surface area contributed by atoms with E-state index in [1.54, 1.807) is 24.3 Å². The lowest BCUT2D eigenvalue weighted by Crippen LogP contribution is -2.70. The molecule has 4 aliphatic heterocycles.